The van der Waals surface area contributed by atoms with Gasteiger partial charge in [0.2, 0.25) is 0 Å². The summed E-state index contributed by atoms with van der Waals surface area (Å²) in [5, 5.41) is 9.54. The van der Waals surface area contributed by atoms with Gasteiger partial charge < -0.3 is 15.6 Å². The molecule has 0 aliphatic heterocycles. The number of carboxylic acid groups (broad SMARTS) is 1. The van der Waals surface area contributed by atoms with Crippen LogP contribution in [0.2, 0.25) is 0 Å². The minimum Gasteiger partial charge on any atom is -0.491 e. The quantitative estimate of drug-likeness (QED) is 0.707. The number of pyridine rings is 1. The molecule has 0 unspecified atom stereocenters. The second-order valence-corrected chi connectivity index (χ2v) is 5.14. The molecule has 0 saturated heterocycles. The number of imidazole rings is 1. The van der Waals surface area contributed by atoms with Gasteiger partial charge in [-0.1, -0.05) is 13.0 Å². The maximum Gasteiger partial charge on any atom is 0.355 e. The van der Waals surface area contributed by atoms with Gasteiger partial charge in [0.25, 0.3) is 0 Å². The summed E-state index contributed by atoms with van der Waals surface area (Å²) in [7, 11) is 0. The van der Waals surface area contributed by atoms with E-state index < -0.39 is 5.97 Å². The first kappa shape index (κ1) is 14.9. The van der Waals surface area contributed by atoms with Gasteiger partial charge >= 0.3 is 5.97 Å². The fraction of sp³-hybridized carbons (Fsp3) is 0.176. The molecule has 23 heavy (non-hydrogen) atoms. The van der Waals surface area contributed by atoms with Crippen molar-refractivity contribution in [1.82, 2.24) is 9.38 Å². The lowest BCUT2D eigenvalue weighted by atomic mass is 10.1. The molecule has 0 radical (unpaired) electrons. The topological polar surface area (TPSA) is 89.8 Å². The molecule has 0 bridgehead atoms. The summed E-state index contributed by atoms with van der Waals surface area (Å²) in [5.74, 6) is -0.445. The third-order valence-corrected chi connectivity index (χ3v) is 3.48. The summed E-state index contributed by atoms with van der Waals surface area (Å²) in [5.41, 5.74) is 8.19. The van der Waals surface area contributed by atoms with Gasteiger partial charge in [-0.2, -0.15) is 0 Å². The number of hydrogen-bond acceptors (Lipinski definition) is 4. The number of nitrogens with zero attached hydrogens (tertiary/aromatic N) is 2. The average Bonchev–Trinajstić information content (AvgIpc) is 2.93. The van der Waals surface area contributed by atoms with Crippen molar-refractivity contribution in [2.75, 3.05) is 12.3 Å². The van der Waals surface area contributed by atoms with Crippen molar-refractivity contribution < 1.29 is 14.6 Å². The van der Waals surface area contributed by atoms with Crippen molar-refractivity contribution in [3.63, 3.8) is 0 Å². The summed E-state index contributed by atoms with van der Waals surface area (Å²) in [6, 6.07) is 10.6. The zero-order valence-corrected chi connectivity index (χ0v) is 12.7. The number of nitrogens with two attached hydrogens (primary N) is 1. The van der Waals surface area contributed by atoms with Crippen LogP contribution in [0.4, 0.5) is 5.69 Å². The number of aromatic carboxylic acids is 1. The van der Waals surface area contributed by atoms with Gasteiger partial charge in [0.05, 0.1) is 12.3 Å². The Labute approximate surface area is 133 Å². The number of aromatic nitrogens is 2. The lowest BCUT2D eigenvalue weighted by Crippen LogP contribution is -2.04. The molecule has 1 aromatic carbocycles. The standard InChI is InChI=1S/C17H17N3O3/c1-2-9-23-13-7-6-11(10-12(13)18)15-16(17(21)22)20-8-4-3-5-14(20)19-15/h3-8,10H,2,9,18H2,1H3,(H,21,22). The van der Waals surface area contributed by atoms with Crippen molar-refractivity contribution in [1.29, 1.82) is 0 Å². The van der Waals surface area contributed by atoms with Crippen LogP contribution in [0.15, 0.2) is 42.6 Å². The number of anilines is 1. The Kier molecular flexibility index (Phi) is 3.89. The Morgan fingerprint density at radius 2 is 2.17 bits per heavy atom. The predicted octanol–water partition coefficient (Wildman–Crippen LogP) is 3.07. The van der Waals surface area contributed by atoms with Gasteiger partial charge in [-0.15, -0.1) is 0 Å². The maximum absolute atomic E-state index is 11.6. The SMILES string of the molecule is CCCOc1ccc(-c2nc3ccccn3c2C(=O)O)cc1N. The molecule has 0 fully saturated rings. The van der Waals surface area contributed by atoms with Crippen LogP contribution < -0.4 is 10.5 Å². The smallest absolute Gasteiger partial charge is 0.355 e. The van der Waals surface area contributed by atoms with E-state index in [1.165, 1.54) is 0 Å². The number of carboxylic acids is 1. The van der Waals surface area contributed by atoms with E-state index in [1.807, 2.05) is 13.0 Å². The Hall–Kier alpha value is -3.02. The summed E-state index contributed by atoms with van der Waals surface area (Å²) < 4.78 is 7.10. The van der Waals surface area contributed by atoms with Crippen LogP contribution in [0, 0.1) is 0 Å². The lowest BCUT2D eigenvalue weighted by Gasteiger charge is -2.09. The van der Waals surface area contributed by atoms with E-state index >= 15 is 0 Å². The second-order valence-electron chi connectivity index (χ2n) is 5.14. The largest absolute Gasteiger partial charge is 0.491 e. The molecule has 6 nitrogen and oxygen atoms in total. The molecule has 0 spiro atoms. The number of carbonyl (C=O) groups is 1. The molecule has 0 aliphatic carbocycles. The molecule has 0 aliphatic rings. The molecule has 118 valence electrons. The number of nitrogen functional groups attached to an aromatic ring is 1. The molecule has 0 saturated carbocycles. The molecule has 0 amide bonds. The van der Waals surface area contributed by atoms with Gasteiger partial charge in [-0.05, 0) is 36.8 Å². The molecular formula is C17H17N3O3. The van der Waals surface area contributed by atoms with Crippen LogP contribution >= 0.6 is 0 Å². The van der Waals surface area contributed by atoms with E-state index in [0.29, 0.717) is 34.9 Å². The van der Waals surface area contributed by atoms with Crippen molar-refractivity contribution in [3.8, 4) is 17.0 Å². The maximum atomic E-state index is 11.6. The van der Waals surface area contributed by atoms with Crippen LogP contribution in [-0.2, 0) is 0 Å². The number of rotatable bonds is 5. The minimum atomic E-state index is -1.04. The molecule has 2 aromatic heterocycles. The van der Waals surface area contributed by atoms with Crippen LogP contribution in [0.25, 0.3) is 16.9 Å². The van der Waals surface area contributed by atoms with Crippen LogP contribution in [0.1, 0.15) is 23.8 Å². The highest BCUT2D eigenvalue weighted by atomic mass is 16.5. The number of benzene rings is 1. The highest BCUT2D eigenvalue weighted by Crippen LogP contribution is 2.30. The molecule has 3 aromatic rings. The summed E-state index contributed by atoms with van der Waals surface area (Å²) in [6.45, 7) is 2.60. The predicted molar refractivity (Wildman–Crippen MR) is 87.8 cm³/mol. The van der Waals surface area contributed by atoms with Gasteiger partial charge in [0.15, 0.2) is 5.69 Å². The van der Waals surface area contributed by atoms with E-state index in [2.05, 4.69) is 4.98 Å². The Balaban J connectivity index is 2.11. The van der Waals surface area contributed by atoms with Crippen molar-refractivity contribution in [3.05, 3.63) is 48.3 Å². The molecular weight excluding hydrogens is 294 g/mol. The van der Waals surface area contributed by atoms with Crippen LogP contribution in [0.3, 0.4) is 0 Å². The second kappa shape index (κ2) is 6.00. The average molecular weight is 311 g/mol. The molecule has 3 rings (SSSR count). The van der Waals surface area contributed by atoms with E-state index in [4.69, 9.17) is 10.5 Å². The van der Waals surface area contributed by atoms with Gasteiger partial charge in [0.1, 0.15) is 17.1 Å². The van der Waals surface area contributed by atoms with E-state index in [9.17, 15) is 9.90 Å². The third-order valence-electron chi connectivity index (χ3n) is 3.48. The number of fused-ring (bicyclic) bond motifs is 1. The first-order valence-electron chi connectivity index (χ1n) is 7.35. The Morgan fingerprint density at radius 3 is 2.87 bits per heavy atom. The monoisotopic (exact) mass is 311 g/mol. The highest BCUT2D eigenvalue weighted by molar-refractivity contribution is 5.95. The first-order chi connectivity index (χ1) is 11.1. The first-order valence-corrected chi connectivity index (χ1v) is 7.35. The zero-order chi connectivity index (χ0) is 16.4. The summed E-state index contributed by atoms with van der Waals surface area (Å²) in [4.78, 5) is 16.1. The van der Waals surface area contributed by atoms with E-state index in [0.717, 1.165) is 6.42 Å². The number of hydrogen-bond donors (Lipinski definition) is 2. The van der Waals surface area contributed by atoms with Crippen molar-refractivity contribution >= 4 is 17.3 Å². The minimum absolute atomic E-state index is 0.113. The van der Waals surface area contributed by atoms with E-state index in [1.54, 1.807) is 40.9 Å². The summed E-state index contributed by atoms with van der Waals surface area (Å²) in [6.07, 6.45) is 2.56. The Morgan fingerprint density at radius 1 is 1.35 bits per heavy atom. The van der Waals surface area contributed by atoms with Crippen molar-refractivity contribution in [2.24, 2.45) is 0 Å². The Bertz CT molecular complexity index is 871. The number of ether oxygens (including phenoxy) is 1. The molecule has 2 heterocycles. The van der Waals surface area contributed by atoms with E-state index in [-0.39, 0.29) is 5.69 Å². The molecule has 3 N–H and O–H groups in total. The summed E-state index contributed by atoms with van der Waals surface area (Å²) >= 11 is 0. The van der Waals surface area contributed by atoms with Gasteiger partial charge in [-0.25, -0.2) is 9.78 Å². The van der Waals surface area contributed by atoms with Crippen molar-refractivity contribution in [2.45, 2.75) is 13.3 Å². The van der Waals surface area contributed by atoms with Crippen LogP contribution in [-0.4, -0.2) is 27.1 Å². The molecule has 0 atom stereocenters. The fourth-order valence-electron chi connectivity index (χ4n) is 2.44. The van der Waals surface area contributed by atoms with Gasteiger partial charge in [0, 0.05) is 11.8 Å². The fourth-order valence-corrected chi connectivity index (χ4v) is 2.44. The molecule has 6 heteroatoms. The highest BCUT2D eigenvalue weighted by Gasteiger charge is 2.20. The lowest BCUT2D eigenvalue weighted by molar-refractivity contribution is 0.0690. The van der Waals surface area contributed by atoms with Crippen LogP contribution in [0.5, 0.6) is 5.75 Å². The zero-order valence-electron chi connectivity index (χ0n) is 12.7. The van der Waals surface area contributed by atoms with Gasteiger partial charge in [-0.3, -0.25) is 4.40 Å². The normalized spacial score (nSPS) is 10.8. The third kappa shape index (κ3) is 2.70.